The number of hydrogen-bond acceptors (Lipinski definition) is 3. The van der Waals surface area contributed by atoms with Gasteiger partial charge in [0.1, 0.15) is 22.3 Å². The fourth-order valence-corrected chi connectivity index (χ4v) is 7.73. The van der Waals surface area contributed by atoms with Gasteiger partial charge in [-0.2, -0.15) is 0 Å². The van der Waals surface area contributed by atoms with E-state index in [1.165, 1.54) is 5.56 Å². The summed E-state index contributed by atoms with van der Waals surface area (Å²) in [6.07, 6.45) is 0. The normalized spacial score (nSPS) is 11.5. The molecule has 0 spiro atoms. The van der Waals surface area contributed by atoms with E-state index in [1.807, 2.05) is 31.2 Å². The molecule has 0 radical (unpaired) electrons. The Kier molecular flexibility index (Phi) is 7.52. The first-order valence-electron chi connectivity index (χ1n) is 18.3. The number of fused-ring (bicyclic) bond motifs is 6. The number of hydrogen-bond donors (Lipinski definition) is 0. The molecule has 0 unspecified atom stereocenters. The third-order valence-corrected chi connectivity index (χ3v) is 10.5. The molecule has 8 aromatic carbocycles. The molecule has 0 bridgehead atoms. The van der Waals surface area contributed by atoms with Crippen LogP contribution in [-0.2, 0) is 0 Å². The molecule has 0 aliphatic rings. The second-order valence-corrected chi connectivity index (χ2v) is 13.9. The van der Waals surface area contributed by atoms with Crippen molar-refractivity contribution in [2.24, 2.45) is 0 Å². The van der Waals surface area contributed by atoms with Crippen LogP contribution in [0.4, 0.5) is 17.1 Å². The number of para-hydroxylation sites is 4. The van der Waals surface area contributed by atoms with Gasteiger partial charge in [0.2, 0.25) is 0 Å². The van der Waals surface area contributed by atoms with Crippen molar-refractivity contribution in [3.63, 3.8) is 0 Å². The largest absolute Gasteiger partial charge is 0.455 e. The zero-order valence-electron chi connectivity index (χ0n) is 29.8. The summed E-state index contributed by atoms with van der Waals surface area (Å²) in [5.74, 6) is 0. The maximum atomic E-state index is 6.39. The van der Waals surface area contributed by atoms with Gasteiger partial charge in [-0.25, -0.2) is 0 Å². The Hall–Kier alpha value is -7.10. The number of anilines is 3. The van der Waals surface area contributed by atoms with Crippen LogP contribution in [0.5, 0.6) is 0 Å². The highest BCUT2D eigenvalue weighted by Crippen LogP contribution is 2.41. The van der Waals surface area contributed by atoms with Crippen molar-refractivity contribution in [3.8, 4) is 33.4 Å². The summed E-state index contributed by atoms with van der Waals surface area (Å²) in [4.78, 5) is 2.31. The molecule has 3 nitrogen and oxygen atoms in total. The first kappa shape index (κ1) is 31.6. The Balaban J connectivity index is 1.05. The molecule has 0 aliphatic carbocycles. The maximum absolute atomic E-state index is 6.39. The van der Waals surface area contributed by atoms with E-state index in [4.69, 9.17) is 8.83 Å². The van der Waals surface area contributed by atoms with E-state index in [9.17, 15) is 0 Å². The molecule has 0 amide bonds. The minimum Gasteiger partial charge on any atom is -0.455 e. The molecule has 10 rings (SSSR count). The summed E-state index contributed by atoms with van der Waals surface area (Å²) < 4.78 is 12.8. The SMILES string of the molecule is C=C(C)c1ccc(-c2ccc(N(c3ccc(-c4cccc5c4oc4ccccc45)cc3)c3ccc(-c4cccc5c4oc4ccccc45)cc3)cc2)cc1. The Bertz CT molecular complexity index is 2830. The van der Waals surface area contributed by atoms with Crippen molar-refractivity contribution < 1.29 is 8.83 Å². The lowest BCUT2D eigenvalue weighted by molar-refractivity contribution is 0.669. The van der Waals surface area contributed by atoms with Crippen LogP contribution in [0.15, 0.2) is 197 Å². The summed E-state index contributed by atoms with van der Waals surface area (Å²) in [6.45, 7) is 6.13. The number of benzene rings is 8. The van der Waals surface area contributed by atoms with Crippen LogP contribution < -0.4 is 4.90 Å². The lowest BCUT2D eigenvalue weighted by atomic mass is 10.00. The smallest absolute Gasteiger partial charge is 0.143 e. The Morgan fingerprint density at radius 2 is 0.759 bits per heavy atom. The fraction of sp³-hybridized carbons (Fsp3) is 0.0196. The Morgan fingerprint density at radius 1 is 0.389 bits per heavy atom. The van der Waals surface area contributed by atoms with Crippen molar-refractivity contribution >= 4 is 66.5 Å². The molecule has 0 saturated heterocycles. The number of furan rings is 2. The van der Waals surface area contributed by atoms with Gasteiger partial charge in [-0.15, -0.1) is 0 Å². The van der Waals surface area contributed by atoms with Crippen molar-refractivity contribution in [1.29, 1.82) is 0 Å². The van der Waals surface area contributed by atoms with E-state index in [1.54, 1.807) is 0 Å². The van der Waals surface area contributed by atoms with Crippen molar-refractivity contribution in [2.45, 2.75) is 6.92 Å². The zero-order chi connectivity index (χ0) is 36.2. The molecule has 10 aromatic rings. The van der Waals surface area contributed by atoms with Crippen molar-refractivity contribution in [2.75, 3.05) is 4.90 Å². The minimum absolute atomic E-state index is 0.901. The first-order chi connectivity index (χ1) is 26.6. The van der Waals surface area contributed by atoms with Crippen LogP contribution in [0.25, 0.3) is 82.8 Å². The number of rotatable bonds is 7. The second-order valence-electron chi connectivity index (χ2n) is 13.9. The van der Waals surface area contributed by atoms with Crippen LogP contribution >= 0.6 is 0 Å². The lowest BCUT2D eigenvalue weighted by Crippen LogP contribution is -2.09. The molecular formula is C51H35NO2. The monoisotopic (exact) mass is 693 g/mol. The molecular weight excluding hydrogens is 659 g/mol. The van der Waals surface area contributed by atoms with E-state index >= 15 is 0 Å². The summed E-state index contributed by atoms with van der Waals surface area (Å²) in [7, 11) is 0. The third kappa shape index (κ3) is 5.37. The molecule has 3 heteroatoms. The number of nitrogens with zero attached hydrogens (tertiary/aromatic N) is 1. The fourth-order valence-electron chi connectivity index (χ4n) is 7.73. The minimum atomic E-state index is 0.901. The van der Waals surface area contributed by atoms with Gasteiger partial charge in [0.05, 0.1) is 0 Å². The van der Waals surface area contributed by atoms with E-state index in [2.05, 4.69) is 169 Å². The van der Waals surface area contributed by atoms with Gasteiger partial charge in [0.25, 0.3) is 0 Å². The Morgan fingerprint density at radius 3 is 1.19 bits per heavy atom. The molecule has 0 fully saturated rings. The molecule has 2 aromatic heterocycles. The van der Waals surface area contributed by atoms with Gasteiger partial charge in [0, 0.05) is 49.7 Å². The second kappa shape index (κ2) is 12.8. The first-order valence-corrected chi connectivity index (χ1v) is 18.3. The summed E-state index contributed by atoms with van der Waals surface area (Å²) >= 11 is 0. The average molecular weight is 694 g/mol. The molecule has 0 N–H and O–H groups in total. The van der Waals surface area contributed by atoms with Crippen molar-refractivity contribution in [1.82, 2.24) is 0 Å². The third-order valence-electron chi connectivity index (χ3n) is 10.5. The highest BCUT2D eigenvalue weighted by Gasteiger charge is 2.17. The Labute approximate surface area is 313 Å². The zero-order valence-corrected chi connectivity index (χ0v) is 29.8. The molecule has 2 heterocycles. The summed E-state index contributed by atoms with van der Waals surface area (Å²) in [5.41, 5.74) is 15.7. The standard InChI is InChI=1S/C51H35NO2/c1-33(2)34-17-19-35(20-18-34)36-21-27-39(28-22-36)52(40-29-23-37(24-30-40)42-11-7-13-46-44-9-3-5-15-48(44)53-50(42)46)41-31-25-38(26-32-41)43-12-8-14-47-45-10-4-6-16-49(45)54-51(43)47/h3-32H,1H2,2H3. The topological polar surface area (TPSA) is 29.5 Å². The van der Waals surface area contributed by atoms with Crippen LogP contribution in [0, 0.1) is 0 Å². The van der Waals surface area contributed by atoms with Crippen molar-refractivity contribution in [3.05, 3.63) is 194 Å². The van der Waals surface area contributed by atoms with Crippen LogP contribution in [0.3, 0.4) is 0 Å². The van der Waals surface area contributed by atoms with E-state index < -0.39 is 0 Å². The lowest BCUT2D eigenvalue weighted by Gasteiger charge is -2.26. The quantitative estimate of drug-likeness (QED) is 0.166. The van der Waals surface area contributed by atoms with Crippen LogP contribution in [-0.4, -0.2) is 0 Å². The van der Waals surface area contributed by atoms with Gasteiger partial charge >= 0.3 is 0 Å². The highest BCUT2D eigenvalue weighted by molar-refractivity contribution is 6.10. The predicted molar refractivity (Wildman–Crippen MR) is 227 cm³/mol. The molecule has 54 heavy (non-hydrogen) atoms. The van der Waals surface area contributed by atoms with Crippen LogP contribution in [0.1, 0.15) is 12.5 Å². The summed E-state index contributed by atoms with van der Waals surface area (Å²) in [5, 5.41) is 4.52. The van der Waals surface area contributed by atoms with Gasteiger partial charge in [-0.05, 0) is 83.3 Å². The van der Waals surface area contributed by atoms with E-state index in [-0.39, 0.29) is 0 Å². The van der Waals surface area contributed by atoms with Gasteiger partial charge in [-0.1, -0.05) is 146 Å². The maximum Gasteiger partial charge on any atom is 0.143 e. The molecule has 0 atom stereocenters. The predicted octanol–water partition coefficient (Wildman–Crippen LogP) is 15.0. The van der Waals surface area contributed by atoms with Gasteiger partial charge in [-0.3, -0.25) is 0 Å². The molecule has 256 valence electrons. The molecule has 0 saturated carbocycles. The van der Waals surface area contributed by atoms with E-state index in [0.717, 1.165) is 99.9 Å². The number of allylic oxidation sites excluding steroid dienone is 1. The van der Waals surface area contributed by atoms with Gasteiger partial charge < -0.3 is 13.7 Å². The van der Waals surface area contributed by atoms with Crippen LogP contribution in [0.2, 0.25) is 0 Å². The highest BCUT2D eigenvalue weighted by atomic mass is 16.3. The van der Waals surface area contributed by atoms with Gasteiger partial charge in [0.15, 0.2) is 0 Å². The van der Waals surface area contributed by atoms with E-state index in [0.29, 0.717) is 0 Å². The molecule has 0 aliphatic heterocycles. The summed E-state index contributed by atoms with van der Waals surface area (Å²) in [6, 6.07) is 64.2. The average Bonchev–Trinajstić information content (AvgIpc) is 3.81.